The number of carbonyl (C=O) groups excluding carboxylic acids is 2. The van der Waals surface area contributed by atoms with Gasteiger partial charge in [0.05, 0.1) is 18.6 Å². The van der Waals surface area contributed by atoms with Crippen LogP contribution in [0.4, 0.5) is 17.6 Å². The van der Waals surface area contributed by atoms with Crippen molar-refractivity contribution in [3.05, 3.63) is 0 Å². The van der Waals surface area contributed by atoms with Gasteiger partial charge in [-0.05, 0) is 25.7 Å². The van der Waals surface area contributed by atoms with E-state index in [1.807, 2.05) is 0 Å². The SMILES string of the molecule is COCCN1CCC[C@@]2(CN(C(=O)C3CCC(F)(F)CC3)CC(F)(F)C2)C1=O. The van der Waals surface area contributed by atoms with Gasteiger partial charge in [-0.25, -0.2) is 17.6 Å². The summed E-state index contributed by atoms with van der Waals surface area (Å²) in [5.74, 6) is -7.51. The molecule has 0 bridgehead atoms. The third kappa shape index (κ3) is 4.44. The Kier molecular flexibility index (Phi) is 5.94. The van der Waals surface area contributed by atoms with Gasteiger partial charge in [-0.3, -0.25) is 9.59 Å². The molecule has 3 rings (SSSR count). The molecular formula is C19H28F4N2O3. The predicted molar refractivity (Wildman–Crippen MR) is 93.2 cm³/mol. The van der Waals surface area contributed by atoms with Crippen LogP contribution in [-0.4, -0.2) is 73.4 Å². The highest BCUT2D eigenvalue weighted by Crippen LogP contribution is 2.46. The number of likely N-dealkylation sites (tertiary alicyclic amines) is 2. The van der Waals surface area contributed by atoms with Crippen LogP contribution in [0.15, 0.2) is 0 Å². The van der Waals surface area contributed by atoms with Crippen molar-refractivity contribution in [3.8, 4) is 0 Å². The minimum atomic E-state index is -3.17. The Morgan fingerprint density at radius 1 is 1.11 bits per heavy atom. The Labute approximate surface area is 162 Å². The average Bonchev–Trinajstić information content (AvgIpc) is 2.61. The van der Waals surface area contributed by atoms with Gasteiger partial charge in [0.25, 0.3) is 5.92 Å². The molecule has 1 spiro atoms. The van der Waals surface area contributed by atoms with Crippen molar-refractivity contribution in [2.45, 2.75) is 56.8 Å². The first-order chi connectivity index (χ1) is 13.1. The van der Waals surface area contributed by atoms with E-state index >= 15 is 0 Å². The van der Waals surface area contributed by atoms with Crippen molar-refractivity contribution in [2.24, 2.45) is 11.3 Å². The third-order valence-corrected chi connectivity index (χ3v) is 6.28. The number of halogens is 4. The molecule has 0 N–H and O–H groups in total. The number of piperidine rings is 2. The minimum absolute atomic E-state index is 0.00514. The Morgan fingerprint density at radius 3 is 2.43 bits per heavy atom. The fraction of sp³-hybridized carbons (Fsp3) is 0.895. The van der Waals surface area contributed by atoms with Crippen molar-refractivity contribution < 1.29 is 31.9 Å². The molecule has 0 aromatic heterocycles. The van der Waals surface area contributed by atoms with E-state index in [0.29, 0.717) is 32.5 Å². The van der Waals surface area contributed by atoms with E-state index in [9.17, 15) is 27.2 Å². The lowest BCUT2D eigenvalue weighted by Gasteiger charge is -2.50. The standard InChI is InChI=1S/C19H28F4N2O3/c1-28-10-9-24-8-2-5-17(16(24)27)11-19(22,23)13-25(12-17)15(26)14-3-6-18(20,21)7-4-14/h14H,2-13H2,1H3/t17-/m1/s1. The minimum Gasteiger partial charge on any atom is -0.383 e. The molecule has 9 heteroatoms. The molecule has 3 aliphatic rings. The van der Waals surface area contributed by atoms with E-state index in [2.05, 4.69) is 0 Å². The van der Waals surface area contributed by atoms with Crippen molar-refractivity contribution in [2.75, 3.05) is 39.9 Å². The van der Waals surface area contributed by atoms with E-state index in [1.54, 1.807) is 0 Å². The maximum Gasteiger partial charge on any atom is 0.266 e. The molecule has 0 unspecified atom stereocenters. The Hall–Kier alpha value is -1.38. The normalized spacial score (nSPS) is 30.7. The fourth-order valence-electron chi connectivity index (χ4n) is 4.89. The molecule has 28 heavy (non-hydrogen) atoms. The van der Waals surface area contributed by atoms with Gasteiger partial charge in [0.1, 0.15) is 0 Å². The van der Waals surface area contributed by atoms with Crippen molar-refractivity contribution in [3.63, 3.8) is 0 Å². The van der Waals surface area contributed by atoms with E-state index < -0.39 is 54.9 Å². The smallest absolute Gasteiger partial charge is 0.266 e. The zero-order valence-corrected chi connectivity index (χ0v) is 16.2. The predicted octanol–water partition coefficient (Wildman–Crippen LogP) is 2.93. The summed E-state index contributed by atoms with van der Waals surface area (Å²) in [5.41, 5.74) is -1.30. The second-order valence-electron chi connectivity index (χ2n) is 8.53. The van der Waals surface area contributed by atoms with Crippen LogP contribution in [0.2, 0.25) is 0 Å². The van der Waals surface area contributed by atoms with Gasteiger partial charge in [0.2, 0.25) is 17.7 Å². The first kappa shape index (κ1) is 21.3. The molecule has 160 valence electrons. The molecule has 2 saturated heterocycles. The van der Waals surface area contributed by atoms with Crippen molar-refractivity contribution in [1.29, 1.82) is 0 Å². The maximum absolute atomic E-state index is 14.6. The summed E-state index contributed by atoms with van der Waals surface area (Å²) in [7, 11) is 1.51. The van der Waals surface area contributed by atoms with Crippen molar-refractivity contribution >= 4 is 11.8 Å². The molecule has 3 fully saturated rings. The number of methoxy groups -OCH3 is 1. The Morgan fingerprint density at radius 2 is 1.79 bits per heavy atom. The molecule has 0 radical (unpaired) electrons. The van der Waals surface area contributed by atoms with Crippen molar-refractivity contribution in [1.82, 2.24) is 9.80 Å². The van der Waals surface area contributed by atoms with Crippen LogP contribution in [0, 0.1) is 11.3 Å². The van der Waals surface area contributed by atoms with Gasteiger partial charge in [-0.1, -0.05) is 0 Å². The monoisotopic (exact) mass is 408 g/mol. The van der Waals surface area contributed by atoms with Crippen LogP contribution in [0.25, 0.3) is 0 Å². The second kappa shape index (κ2) is 7.80. The van der Waals surface area contributed by atoms with Crippen LogP contribution < -0.4 is 0 Å². The fourth-order valence-corrected chi connectivity index (χ4v) is 4.89. The Bertz CT molecular complexity index is 606. The van der Waals surface area contributed by atoms with E-state index in [-0.39, 0.29) is 25.3 Å². The Balaban J connectivity index is 1.75. The molecular weight excluding hydrogens is 380 g/mol. The summed E-state index contributed by atoms with van der Waals surface area (Å²) in [5, 5.41) is 0. The highest BCUT2D eigenvalue weighted by Gasteiger charge is 2.56. The largest absolute Gasteiger partial charge is 0.383 e. The molecule has 2 heterocycles. The summed E-state index contributed by atoms with van der Waals surface area (Å²) in [6, 6.07) is 0. The van der Waals surface area contributed by atoms with Gasteiger partial charge >= 0.3 is 0 Å². The summed E-state index contributed by atoms with van der Waals surface area (Å²) < 4.78 is 60.9. The van der Waals surface area contributed by atoms with E-state index in [1.165, 1.54) is 12.0 Å². The number of rotatable bonds is 4. The highest BCUT2D eigenvalue weighted by molar-refractivity contribution is 5.86. The number of ether oxygens (including phenoxy) is 1. The molecule has 0 aromatic carbocycles. The van der Waals surface area contributed by atoms with Crippen LogP contribution in [-0.2, 0) is 14.3 Å². The van der Waals surface area contributed by atoms with Gasteiger partial charge in [-0.2, -0.15) is 0 Å². The first-order valence-corrected chi connectivity index (χ1v) is 9.90. The number of amides is 2. The average molecular weight is 408 g/mol. The van der Waals surface area contributed by atoms with Gasteiger partial charge in [-0.15, -0.1) is 0 Å². The van der Waals surface area contributed by atoms with Crippen LogP contribution in [0.1, 0.15) is 44.9 Å². The molecule has 1 saturated carbocycles. The third-order valence-electron chi connectivity index (χ3n) is 6.28. The maximum atomic E-state index is 14.6. The quantitative estimate of drug-likeness (QED) is 0.672. The first-order valence-electron chi connectivity index (χ1n) is 9.90. The lowest BCUT2D eigenvalue weighted by atomic mass is 9.71. The van der Waals surface area contributed by atoms with Crippen LogP contribution in [0.5, 0.6) is 0 Å². The number of carbonyl (C=O) groups is 2. The number of hydrogen-bond acceptors (Lipinski definition) is 3. The molecule has 1 aliphatic carbocycles. The lowest BCUT2D eigenvalue weighted by molar-refractivity contribution is -0.177. The summed E-state index contributed by atoms with van der Waals surface area (Å²) >= 11 is 0. The summed E-state index contributed by atoms with van der Waals surface area (Å²) in [6.07, 6.45) is -0.496. The zero-order chi connectivity index (χ0) is 20.6. The molecule has 0 aromatic rings. The van der Waals surface area contributed by atoms with Crippen LogP contribution >= 0.6 is 0 Å². The number of hydrogen-bond donors (Lipinski definition) is 0. The highest BCUT2D eigenvalue weighted by atomic mass is 19.3. The number of nitrogens with zero attached hydrogens (tertiary/aromatic N) is 2. The van der Waals surface area contributed by atoms with E-state index in [4.69, 9.17) is 4.74 Å². The van der Waals surface area contributed by atoms with E-state index in [0.717, 1.165) is 4.90 Å². The second-order valence-corrected chi connectivity index (χ2v) is 8.53. The number of alkyl halides is 4. The lowest BCUT2D eigenvalue weighted by Crippen LogP contribution is -2.62. The molecule has 5 nitrogen and oxygen atoms in total. The topological polar surface area (TPSA) is 49.9 Å². The zero-order valence-electron chi connectivity index (χ0n) is 16.2. The van der Waals surface area contributed by atoms with Gasteiger partial charge < -0.3 is 14.5 Å². The summed E-state index contributed by atoms with van der Waals surface area (Å²) in [6.45, 7) is 0.328. The van der Waals surface area contributed by atoms with Gasteiger partial charge in [0, 0.05) is 51.9 Å². The molecule has 1 atom stereocenters. The molecule has 2 aliphatic heterocycles. The molecule has 2 amide bonds. The summed E-state index contributed by atoms with van der Waals surface area (Å²) in [4.78, 5) is 28.5. The van der Waals surface area contributed by atoms with Gasteiger partial charge in [0.15, 0.2) is 0 Å². The van der Waals surface area contributed by atoms with Crippen LogP contribution in [0.3, 0.4) is 0 Å².